The zero-order valence-corrected chi connectivity index (χ0v) is 8.61. The van der Waals surface area contributed by atoms with Crippen molar-refractivity contribution in [1.29, 1.82) is 0 Å². The molecule has 14 heavy (non-hydrogen) atoms. The number of hydrogen-bond acceptors (Lipinski definition) is 3. The summed E-state index contributed by atoms with van der Waals surface area (Å²) in [6.07, 6.45) is 2.17. The van der Waals surface area contributed by atoms with Crippen molar-refractivity contribution in [3.05, 3.63) is 0 Å². The Morgan fingerprint density at radius 3 is 2.86 bits per heavy atom. The molecule has 2 fully saturated rings. The van der Waals surface area contributed by atoms with Gasteiger partial charge in [-0.15, -0.1) is 0 Å². The number of hydrogen-bond donors (Lipinski definition) is 1. The zero-order chi connectivity index (χ0) is 10.1. The van der Waals surface area contributed by atoms with Crippen molar-refractivity contribution in [3.63, 3.8) is 0 Å². The number of likely N-dealkylation sites (tertiary alicyclic amines) is 1. The largest absolute Gasteiger partial charge is 0.378 e. The van der Waals surface area contributed by atoms with Crippen molar-refractivity contribution in [1.82, 2.24) is 4.90 Å². The molecule has 2 aliphatic rings. The van der Waals surface area contributed by atoms with Crippen LogP contribution in [0, 0.1) is 5.92 Å². The molecule has 4 heteroatoms. The molecule has 1 amide bonds. The summed E-state index contributed by atoms with van der Waals surface area (Å²) < 4.78 is 5.47. The van der Waals surface area contributed by atoms with Crippen LogP contribution in [0.2, 0.25) is 0 Å². The molecule has 0 aromatic rings. The molecular weight excluding hydrogens is 180 g/mol. The van der Waals surface area contributed by atoms with E-state index in [1.165, 1.54) is 0 Å². The molecule has 0 aromatic carbocycles. The number of carbonyl (C=O) groups excluding carboxylic acids is 1. The number of nitrogens with two attached hydrogens (primary N) is 1. The molecule has 2 N–H and O–H groups in total. The lowest BCUT2D eigenvalue weighted by atomic mass is 10.0. The van der Waals surface area contributed by atoms with E-state index in [-0.39, 0.29) is 11.9 Å². The van der Waals surface area contributed by atoms with Crippen molar-refractivity contribution in [2.75, 3.05) is 19.7 Å². The number of nitrogens with zero attached hydrogens (tertiary/aromatic N) is 1. The first-order valence-corrected chi connectivity index (χ1v) is 5.34. The van der Waals surface area contributed by atoms with E-state index in [4.69, 9.17) is 10.5 Å². The van der Waals surface area contributed by atoms with Gasteiger partial charge < -0.3 is 15.4 Å². The minimum Gasteiger partial charge on any atom is -0.378 e. The van der Waals surface area contributed by atoms with Crippen LogP contribution in [-0.2, 0) is 9.53 Å². The molecule has 2 saturated heterocycles. The predicted octanol–water partition coefficient (Wildman–Crippen LogP) is -0.0290. The smallest absolute Gasteiger partial charge is 0.239 e. The lowest BCUT2D eigenvalue weighted by Crippen LogP contribution is -2.38. The normalized spacial score (nSPS) is 38.3. The number of rotatable bonds is 2. The summed E-state index contributed by atoms with van der Waals surface area (Å²) in [5.41, 5.74) is 5.66. The van der Waals surface area contributed by atoms with Gasteiger partial charge in [0.15, 0.2) is 0 Å². The molecular formula is C10H18N2O2. The van der Waals surface area contributed by atoms with E-state index in [9.17, 15) is 4.79 Å². The molecule has 80 valence electrons. The highest BCUT2D eigenvalue weighted by atomic mass is 16.5. The summed E-state index contributed by atoms with van der Waals surface area (Å²) in [7, 11) is 0. The van der Waals surface area contributed by atoms with Crippen LogP contribution in [0.4, 0.5) is 0 Å². The Labute approximate surface area is 84.4 Å². The Balaban J connectivity index is 1.88. The first-order valence-electron chi connectivity index (χ1n) is 5.34. The van der Waals surface area contributed by atoms with Crippen LogP contribution in [0.5, 0.6) is 0 Å². The van der Waals surface area contributed by atoms with Crippen molar-refractivity contribution in [2.24, 2.45) is 11.7 Å². The summed E-state index contributed by atoms with van der Waals surface area (Å²) in [5.74, 6) is 0.619. The molecule has 0 aromatic heterocycles. The molecule has 0 radical (unpaired) electrons. The minimum atomic E-state index is -0.257. The van der Waals surface area contributed by atoms with Crippen LogP contribution in [-0.4, -0.2) is 42.6 Å². The van der Waals surface area contributed by atoms with E-state index in [0.29, 0.717) is 12.0 Å². The molecule has 2 rings (SSSR count). The summed E-state index contributed by atoms with van der Waals surface area (Å²) in [5, 5.41) is 0. The molecule has 0 bridgehead atoms. The zero-order valence-electron chi connectivity index (χ0n) is 8.61. The fourth-order valence-corrected chi connectivity index (χ4v) is 2.24. The van der Waals surface area contributed by atoms with Crippen molar-refractivity contribution in [2.45, 2.75) is 31.9 Å². The first-order chi connectivity index (χ1) is 6.68. The van der Waals surface area contributed by atoms with Gasteiger partial charge in [0.1, 0.15) is 0 Å². The second-order valence-electron chi connectivity index (χ2n) is 4.30. The van der Waals surface area contributed by atoms with Gasteiger partial charge >= 0.3 is 0 Å². The monoisotopic (exact) mass is 198 g/mol. The third-order valence-corrected chi connectivity index (χ3v) is 3.33. The van der Waals surface area contributed by atoms with Crippen LogP contribution >= 0.6 is 0 Å². The molecule has 4 nitrogen and oxygen atoms in total. The maximum absolute atomic E-state index is 11.6. The van der Waals surface area contributed by atoms with Crippen LogP contribution in [0.15, 0.2) is 0 Å². The van der Waals surface area contributed by atoms with Crippen LogP contribution in [0.1, 0.15) is 19.8 Å². The molecule has 2 heterocycles. The fourth-order valence-electron chi connectivity index (χ4n) is 2.24. The summed E-state index contributed by atoms with van der Waals surface area (Å²) in [6, 6.07) is -0.257. The van der Waals surface area contributed by atoms with Gasteiger partial charge in [-0.05, 0) is 19.8 Å². The third kappa shape index (κ3) is 1.77. The molecule has 3 atom stereocenters. The van der Waals surface area contributed by atoms with Crippen molar-refractivity contribution in [3.8, 4) is 0 Å². The Hall–Kier alpha value is -0.610. The van der Waals surface area contributed by atoms with E-state index in [0.717, 1.165) is 32.5 Å². The highest BCUT2D eigenvalue weighted by Gasteiger charge is 2.33. The van der Waals surface area contributed by atoms with Gasteiger partial charge in [-0.25, -0.2) is 0 Å². The van der Waals surface area contributed by atoms with Gasteiger partial charge in [0.2, 0.25) is 5.91 Å². The molecule has 3 unspecified atom stereocenters. The lowest BCUT2D eigenvalue weighted by molar-refractivity contribution is -0.129. The van der Waals surface area contributed by atoms with E-state index in [1.54, 1.807) is 0 Å². The van der Waals surface area contributed by atoms with Crippen LogP contribution in [0.3, 0.4) is 0 Å². The molecule has 0 saturated carbocycles. The summed E-state index contributed by atoms with van der Waals surface area (Å²) in [6.45, 7) is 4.56. The molecule has 2 aliphatic heterocycles. The Bertz CT molecular complexity index is 232. The highest BCUT2D eigenvalue weighted by Crippen LogP contribution is 2.23. The fraction of sp³-hybridized carbons (Fsp3) is 0.900. The van der Waals surface area contributed by atoms with Crippen LogP contribution in [0.25, 0.3) is 0 Å². The number of amides is 1. The van der Waals surface area contributed by atoms with Crippen LogP contribution < -0.4 is 5.73 Å². The van der Waals surface area contributed by atoms with Gasteiger partial charge in [0.25, 0.3) is 0 Å². The van der Waals surface area contributed by atoms with E-state index >= 15 is 0 Å². The Morgan fingerprint density at radius 2 is 2.36 bits per heavy atom. The second-order valence-corrected chi connectivity index (χ2v) is 4.30. The Morgan fingerprint density at radius 1 is 1.57 bits per heavy atom. The van der Waals surface area contributed by atoms with Gasteiger partial charge in [0.05, 0.1) is 12.1 Å². The predicted molar refractivity (Wildman–Crippen MR) is 52.7 cm³/mol. The lowest BCUT2D eigenvalue weighted by Gasteiger charge is -2.22. The SMILES string of the molecule is CC1OCCC1CN1CCC(N)C1=O. The number of carbonyl (C=O) groups is 1. The van der Waals surface area contributed by atoms with Crippen molar-refractivity contribution >= 4 is 5.91 Å². The van der Waals surface area contributed by atoms with E-state index < -0.39 is 0 Å². The maximum Gasteiger partial charge on any atom is 0.239 e. The van der Waals surface area contributed by atoms with E-state index in [1.807, 2.05) is 4.90 Å². The van der Waals surface area contributed by atoms with Gasteiger partial charge in [-0.3, -0.25) is 4.79 Å². The summed E-state index contributed by atoms with van der Waals surface area (Å²) >= 11 is 0. The molecule has 0 spiro atoms. The maximum atomic E-state index is 11.6. The average Bonchev–Trinajstić information content (AvgIpc) is 2.68. The minimum absolute atomic E-state index is 0.115. The average molecular weight is 198 g/mol. The summed E-state index contributed by atoms with van der Waals surface area (Å²) in [4.78, 5) is 13.4. The highest BCUT2D eigenvalue weighted by molar-refractivity contribution is 5.83. The van der Waals surface area contributed by atoms with Crippen molar-refractivity contribution < 1.29 is 9.53 Å². The molecule has 0 aliphatic carbocycles. The van der Waals surface area contributed by atoms with Gasteiger partial charge in [-0.1, -0.05) is 0 Å². The number of ether oxygens (including phenoxy) is 1. The quantitative estimate of drug-likeness (QED) is 0.678. The Kier molecular flexibility index (Phi) is 2.74. The van der Waals surface area contributed by atoms with Gasteiger partial charge in [0, 0.05) is 25.6 Å². The topological polar surface area (TPSA) is 55.6 Å². The second kappa shape index (κ2) is 3.87. The first kappa shape index (κ1) is 9.93. The van der Waals surface area contributed by atoms with E-state index in [2.05, 4.69) is 6.92 Å². The third-order valence-electron chi connectivity index (χ3n) is 3.33. The van der Waals surface area contributed by atoms with Gasteiger partial charge in [-0.2, -0.15) is 0 Å². The standard InChI is InChI=1S/C10H18N2O2/c1-7-8(3-5-14-7)6-12-4-2-9(11)10(12)13/h7-9H,2-6,11H2,1H3.